The zero-order valence-corrected chi connectivity index (χ0v) is 17.4. The third kappa shape index (κ3) is 6.59. The van der Waals surface area contributed by atoms with Crippen LogP contribution in [0.5, 0.6) is 5.75 Å². The molecule has 0 fully saturated rings. The quantitative estimate of drug-likeness (QED) is 0.700. The van der Waals surface area contributed by atoms with E-state index in [-0.39, 0.29) is 24.8 Å². The molecule has 2 rings (SSSR count). The van der Waals surface area contributed by atoms with E-state index in [4.69, 9.17) is 4.74 Å². The predicted molar refractivity (Wildman–Crippen MR) is 111 cm³/mol. The van der Waals surface area contributed by atoms with Gasteiger partial charge in [-0.1, -0.05) is 44.2 Å². The lowest BCUT2D eigenvalue weighted by atomic mass is 10.1. The van der Waals surface area contributed by atoms with Crippen LogP contribution in [0.1, 0.15) is 31.9 Å². The third-order valence-corrected chi connectivity index (χ3v) is 4.64. The van der Waals surface area contributed by atoms with Crippen molar-refractivity contribution < 1.29 is 18.7 Å². The molecule has 5 nitrogen and oxygen atoms in total. The van der Waals surface area contributed by atoms with E-state index in [9.17, 15) is 14.0 Å². The Bertz CT molecular complexity index is 838. The second kappa shape index (κ2) is 10.6. The smallest absolute Gasteiger partial charge is 0.242 e. The van der Waals surface area contributed by atoms with Crippen LogP contribution in [0.25, 0.3) is 0 Å². The summed E-state index contributed by atoms with van der Waals surface area (Å²) in [6, 6.07) is 12.8. The molecule has 0 unspecified atom stereocenters. The fourth-order valence-corrected chi connectivity index (χ4v) is 2.91. The fraction of sp³-hybridized carbons (Fsp3) is 0.391. The van der Waals surface area contributed by atoms with E-state index < -0.39 is 11.9 Å². The van der Waals surface area contributed by atoms with Gasteiger partial charge in [0, 0.05) is 13.1 Å². The standard InChI is InChI=1S/C23H29FN2O3/c1-16(2)14-25-23(28)17(3)26(15-18-8-7-10-20(12-18)29-4)22(27)13-19-9-5-6-11-21(19)24/h5-12,16-17H,13-15H2,1-4H3,(H,25,28)/t17-/m1/s1. The SMILES string of the molecule is COc1cccc(CN(C(=O)Cc2ccccc2F)[C@H](C)C(=O)NCC(C)C)c1. The Kier molecular flexibility index (Phi) is 8.19. The van der Waals surface area contributed by atoms with E-state index in [0.717, 1.165) is 5.56 Å². The van der Waals surface area contributed by atoms with Crippen LogP contribution in [0, 0.1) is 11.7 Å². The van der Waals surface area contributed by atoms with Gasteiger partial charge in [-0.2, -0.15) is 0 Å². The van der Waals surface area contributed by atoms with Crippen molar-refractivity contribution in [1.29, 1.82) is 0 Å². The summed E-state index contributed by atoms with van der Waals surface area (Å²) in [5, 5.41) is 2.87. The first kappa shape index (κ1) is 22.4. The Balaban J connectivity index is 2.24. The van der Waals surface area contributed by atoms with Crippen molar-refractivity contribution in [2.24, 2.45) is 5.92 Å². The number of hydrogen-bond acceptors (Lipinski definition) is 3. The van der Waals surface area contributed by atoms with E-state index in [1.807, 2.05) is 38.1 Å². The number of carbonyl (C=O) groups excluding carboxylic acids is 2. The second-order valence-electron chi connectivity index (χ2n) is 7.46. The molecule has 2 aromatic carbocycles. The van der Waals surface area contributed by atoms with Crippen LogP contribution in [-0.4, -0.2) is 36.4 Å². The van der Waals surface area contributed by atoms with Gasteiger partial charge in [-0.25, -0.2) is 4.39 Å². The first-order valence-corrected chi connectivity index (χ1v) is 9.75. The lowest BCUT2D eigenvalue weighted by Gasteiger charge is -2.29. The highest BCUT2D eigenvalue weighted by molar-refractivity contribution is 5.88. The predicted octanol–water partition coefficient (Wildman–Crippen LogP) is 3.57. The molecule has 156 valence electrons. The average molecular weight is 400 g/mol. The van der Waals surface area contributed by atoms with Gasteiger partial charge in [-0.3, -0.25) is 9.59 Å². The van der Waals surface area contributed by atoms with Crippen molar-refractivity contribution in [1.82, 2.24) is 10.2 Å². The highest BCUT2D eigenvalue weighted by Crippen LogP contribution is 2.18. The number of rotatable bonds is 9. The maximum Gasteiger partial charge on any atom is 0.242 e. The van der Waals surface area contributed by atoms with Gasteiger partial charge in [0.15, 0.2) is 0 Å². The van der Waals surface area contributed by atoms with Crippen LogP contribution in [0.3, 0.4) is 0 Å². The van der Waals surface area contributed by atoms with Gasteiger partial charge in [0.25, 0.3) is 0 Å². The number of amides is 2. The van der Waals surface area contributed by atoms with Crippen LogP contribution in [-0.2, 0) is 22.6 Å². The summed E-state index contributed by atoms with van der Waals surface area (Å²) < 4.78 is 19.3. The largest absolute Gasteiger partial charge is 0.497 e. The Labute approximate surface area is 171 Å². The van der Waals surface area contributed by atoms with Crippen LogP contribution in [0.2, 0.25) is 0 Å². The molecule has 2 amide bonds. The zero-order valence-electron chi connectivity index (χ0n) is 17.4. The molecule has 6 heteroatoms. The molecule has 0 spiro atoms. The van der Waals surface area contributed by atoms with E-state index >= 15 is 0 Å². The number of benzene rings is 2. The Morgan fingerprint density at radius 3 is 2.48 bits per heavy atom. The molecule has 29 heavy (non-hydrogen) atoms. The van der Waals surface area contributed by atoms with Crippen molar-refractivity contribution in [2.75, 3.05) is 13.7 Å². The van der Waals surface area contributed by atoms with E-state index in [1.165, 1.54) is 11.0 Å². The molecule has 1 atom stereocenters. The number of methoxy groups -OCH3 is 1. The maximum atomic E-state index is 14.0. The molecule has 0 saturated heterocycles. The lowest BCUT2D eigenvalue weighted by Crippen LogP contribution is -2.48. The van der Waals surface area contributed by atoms with Crippen molar-refractivity contribution in [2.45, 2.75) is 39.8 Å². The normalized spacial score (nSPS) is 11.8. The van der Waals surface area contributed by atoms with E-state index in [0.29, 0.717) is 23.8 Å². The first-order valence-electron chi connectivity index (χ1n) is 9.75. The molecule has 1 N–H and O–H groups in total. The van der Waals surface area contributed by atoms with Crippen molar-refractivity contribution in [3.8, 4) is 5.75 Å². The number of hydrogen-bond donors (Lipinski definition) is 1. The molecule has 2 aromatic rings. The summed E-state index contributed by atoms with van der Waals surface area (Å²) in [6.07, 6.45) is -0.113. The molecule has 0 aliphatic heterocycles. The minimum absolute atomic E-state index is 0.113. The summed E-state index contributed by atoms with van der Waals surface area (Å²) in [5.41, 5.74) is 1.14. The fourth-order valence-electron chi connectivity index (χ4n) is 2.91. The Morgan fingerprint density at radius 2 is 1.83 bits per heavy atom. The summed E-state index contributed by atoms with van der Waals surface area (Å²) in [4.78, 5) is 27.2. The molecule has 0 bridgehead atoms. The average Bonchev–Trinajstić information content (AvgIpc) is 2.71. The summed E-state index contributed by atoms with van der Waals surface area (Å²) >= 11 is 0. The molecule has 0 aromatic heterocycles. The molecule has 0 radical (unpaired) electrons. The van der Waals surface area contributed by atoms with E-state index in [2.05, 4.69) is 5.32 Å². The van der Waals surface area contributed by atoms with Gasteiger partial charge in [0.2, 0.25) is 11.8 Å². The molecular formula is C23H29FN2O3. The van der Waals surface area contributed by atoms with Crippen molar-refractivity contribution >= 4 is 11.8 Å². The van der Waals surface area contributed by atoms with Gasteiger partial charge >= 0.3 is 0 Å². The molecule has 0 saturated carbocycles. The topological polar surface area (TPSA) is 58.6 Å². The van der Waals surface area contributed by atoms with Crippen LogP contribution in [0.4, 0.5) is 4.39 Å². The van der Waals surface area contributed by atoms with Crippen LogP contribution >= 0.6 is 0 Å². The number of nitrogens with zero attached hydrogens (tertiary/aromatic N) is 1. The van der Waals surface area contributed by atoms with Crippen molar-refractivity contribution in [3.63, 3.8) is 0 Å². The maximum absolute atomic E-state index is 14.0. The third-order valence-electron chi connectivity index (χ3n) is 4.64. The molecular weight excluding hydrogens is 371 g/mol. The van der Waals surface area contributed by atoms with Crippen molar-refractivity contribution in [3.05, 3.63) is 65.5 Å². The number of carbonyl (C=O) groups is 2. The van der Waals surface area contributed by atoms with Crippen LogP contribution in [0.15, 0.2) is 48.5 Å². The number of ether oxygens (including phenoxy) is 1. The minimum Gasteiger partial charge on any atom is -0.497 e. The zero-order chi connectivity index (χ0) is 21.4. The molecule has 0 aliphatic carbocycles. The van der Waals surface area contributed by atoms with Gasteiger partial charge in [-0.15, -0.1) is 0 Å². The lowest BCUT2D eigenvalue weighted by molar-refractivity contribution is -0.140. The van der Waals surface area contributed by atoms with Gasteiger partial charge in [0.05, 0.1) is 13.5 Å². The minimum atomic E-state index is -0.695. The molecule has 0 heterocycles. The van der Waals surface area contributed by atoms with E-state index in [1.54, 1.807) is 32.2 Å². The Hall–Kier alpha value is -2.89. The highest BCUT2D eigenvalue weighted by atomic mass is 19.1. The Morgan fingerprint density at radius 1 is 1.10 bits per heavy atom. The van der Waals surface area contributed by atoms with Gasteiger partial charge in [0.1, 0.15) is 17.6 Å². The summed E-state index contributed by atoms with van der Waals surface area (Å²) in [6.45, 7) is 6.44. The van der Waals surface area contributed by atoms with Gasteiger partial charge < -0.3 is 15.0 Å². The first-order chi connectivity index (χ1) is 13.8. The highest BCUT2D eigenvalue weighted by Gasteiger charge is 2.26. The summed E-state index contributed by atoms with van der Waals surface area (Å²) in [7, 11) is 1.57. The number of nitrogens with one attached hydrogen (secondary N) is 1. The van der Waals surface area contributed by atoms with Gasteiger partial charge in [-0.05, 0) is 42.2 Å². The monoisotopic (exact) mass is 400 g/mol. The number of halogens is 1. The molecule has 0 aliphatic rings. The second-order valence-corrected chi connectivity index (χ2v) is 7.46. The van der Waals surface area contributed by atoms with Crippen LogP contribution < -0.4 is 10.1 Å². The summed E-state index contributed by atoms with van der Waals surface area (Å²) in [5.74, 6) is -0.0132.